The maximum absolute atomic E-state index is 12.5. The van der Waals surface area contributed by atoms with Crippen LogP contribution in [-0.4, -0.2) is 19.9 Å². The van der Waals surface area contributed by atoms with E-state index in [1.807, 2.05) is 13.1 Å². The number of hydrogen-bond acceptors (Lipinski definition) is 3. The SMILES string of the molecule is CCC1=C(C)C=NC(c2cc(OCF)c(OCF)cc2Cl)C1. The van der Waals surface area contributed by atoms with Crippen LogP contribution in [0.4, 0.5) is 8.78 Å². The van der Waals surface area contributed by atoms with Gasteiger partial charge in [0.2, 0.25) is 13.7 Å². The van der Waals surface area contributed by atoms with Crippen LogP contribution in [0.3, 0.4) is 0 Å². The molecule has 1 aromatic rings. The van der Waals surface area contributed by atoms with E-state index >= 15 is 0 Å². The van der Waals surface area contributed by atoms with Crippen molar-refractivity contribution in [2.45, 2.75) is 32.7 Å². The van der Waals surface area contributed by atoms with Gasteiger partial charge in [-0.1, -0.05) is 24.1 Å². The first-order valence-electron chi connectivity index (χ1n) is 7.03. The van der Waals surface area contributed by atoms with Crippen molar-refractivity contribution in [1.82, 2.24) is 0 Å². The molecule has 3 nitrogen and oxygen atoms in total. The van der Waals surface area contributed by atoms with Gasteiger partial charge in [-0.25, -0.2) is 8.78 Å². The summed E-state index contributed by atoms with van der Waals surface area (Å²) in [6, 6.07) is 2.85. The number of allylic oxidation sites excluding steroid dienone is 1. The van der Waals surface area contributed by atoms with E-state index in [-0.39, 0.29) is 17.5 Å². The van der Waals surface area contributed by atoms with Crippen LogP contribution in [0, 0.1) is 0 Å². The van der Waals surface area contributed by atoms with Crippen LogP contribution in [0.15, 0.2) is 28.3 Å². The second kappa shape index (κ2) is 7.58. The number of rotatable bonds is 6. The Labute approximate surface area is 133 Å². The summed E-state index contributed by atoms with van der Waals surface area (Å²) in [5.41, 5.74) is 3.17. The van der Waals surface area contributed by atoms with Gasteiger partial charge in [0.25, 0.3) is 0 Å². The van der Waals surface area contributed by atoms with Crippen molar-refractivity contribution in [1.29, 1.82) is 0 Å². The Balaban J connectivity index is 2.36. The normalized spacial score (nSPS) is 17.8. The highest BCUT2D eigenvalue weighted by Gasteiger charge is 2.21. The quantitative estimate of drug-likeness (QED) is 0.718. The third-order valence-electron chi connectivity index (χ3n) is 3.71. The van der Waals surface area contributed by atoms with E-state index in [1.54, 1.807) is 6.07 Å². The summed E-state index contributed by atoms with van der Waals surface area (Å²) >= 11 is 6.26. The molecule has 0 N–H and O–H groups in total. The molecular weight excluding hydrogens is 312 g/mol. The Bertz CT molecular complexity index is 602. The van der Waals surface area contributed by atoms with Crippen molar-refractivity contribution in [2.24, 2.45) is 4.99 Å². The fourth-order valence-corrected chi connectivity index (χ4v) is 2.78. The van der Waals surface area contributed by atoms with E-state index < -0.39 is 13.7 Å². The van der Waals surface area contributed by atoms with E-state index in [2.05, 4.69) is 11.9 Å². The third kappa shape index (κ3) is 3.58. The number of dihydropyridines is 1. The number of aliphatic imine (C=N–C) groups is 1. The highest BCUT2D eigenvalue weighted by molar-refractivity contribution is 6.31. The van der Waals surface area contributed by atoms with Gasteiger partial charge < -0.3 is 9.47 Å². The van der Waals surface area contributed by atoms with Gasteiger partial charge in [-0.05, 0) is 37.0 Å². The lowest BCUT2D eigenvalue weighted by Crippen LogP contribution is -2.07. The predicted molar refractivity (Wildman–Crippen MR) is 83.5 cm³/mol. The van der Waals surface area contributed by atoms with Crippen LogP contribution in [0.1, 0.15) is 38.3 Å². The molecule has 2 rings (SSSR count). The molecule has 0 saturated heterocycles. The molecule has 22 heavy (non-hydrogen) atoms. The largest absolute Gasteiger partial charge is 0.459 e. The monoisotopic (exact) mass is 329 g/mol. The number of hydrogen-bond donors (Lipinski definition) is 0. The minimum absolute atomic E-state index is 0.0797. The number of alkyl halides is 2. The van der Waals surface area contributed by atoms with Gasteiger partial charge in [-0.2, -0.15) is 0 Å². The first-order chi connectivity index (χ1) is 10.6. The maximum atomic E-state index is 12.5. The minimum Gasteiger partial charge on any atom is -0.459 e. The number of ether oxygens (including phenoxy) is 2. The van der Waals surface area contributed by atoms with E-state index in [0.29, 0.717) is 10.6 Å². The Morgan fingerprint density at radius 2 is 1.86 bits per heavy atom. The van der Waals surface area contributed by atoms with Crippen molar-refractivity contribution in [3.8, 4) is 11.5 Å². The molecule has 0 amide bonds. The Morgan fingerprint density at radius 3 is 2.45 bits per heavy atom. The van der Waals surface area contributed by atoms with E-state index in [9.17, 15) is 8.78 Å². The lowest BCUT2D eigenvalue weighted by atomic mass is 9.92. The van der Waals surface area contributed by atoms with Gasteiger partial charge >= 0.3 is 0 Å². The maximum Gasteiger partial charge on any atom is 0.228 e. The zero-order valence-electron chi connectivity index (χ0n) is 12.5. The first-order valence-corrected chi connectivity index (χ1v) is 7.41. The number of nitrogens with zero attached hydrogens (tertiary/aromatic N) is 1. The number of halogens is 3. The summed E-state index contributed by atoms with van der Waals surface area (Å²) in [6.07, 6.45) is 3.50. The van der Waals surface area contributed by atoms with Crippen molar-refractivity contribution in [3.05, 3.63) is 33.9 Å². The summed E-state index contributed by atoms with van der Waals surface area (Å²) in [5, 5.41) is 0.395. The second-order valence-corrected chi connectivity index (χ2v) is 5.37. The molecule has 0 bridgehead atoms. The van der Waals surface area contributed by atoms with Gasteiger partial charge in [0.05, 0.1) is 6.04 Å². The summed E-state index contributed by atoms with van der Waals surface area (Å²) in [6.45, 7) is 2.04. The third-order valence-corrected chi connectivity index (χ3v) is 4.04. The molecule has 1 heterocycles. The molecule has 1 atom stereocenters. The van der Waals surface area contributed by atoms with Crippen molar-refractivity contribution in [3.63, 3.8) is 0 Å². The molecule has 1 aliphatic rings. The molecule has 0 aromatic heterocycles. The van der Waals surface area contributed by atoms with Crippen LogP contribution in [0.2, 0.25) is 5.02 Å². The van der Waals surface area contributed by atoms with Gasteiger partial charge in [0, 0.05) is 17.3 Å². The van der Waals surface area contributed by atoms with Crippen LogP contribution < -0.4 is 9.47 Å². The zero-order valence-corrected chi connectivity index (χ0v) is 13.3. The predicted octanol–water partition coefficient (Wildman–Crippen LogP) is 5.19. The Kier molecular flexibility index (Phi) is 5.77. The average Bonchev–Trinajstić information content (AvgIpc) is 2.51. The molecule has 0 radical (unpaired) electrons. The molecule has 6 heteroatoms. The van der Waals surface area contributed by atoms with Crippen molar-refractivity contribution < 1.29 is 18.3 Å². The lowest BCUT2D eigenvalue weighted by Gasteiger charge is -2.22. The fourth-order valence-electron chi connectivity index (χ4n) is 2.50. The fraction of sp³-hybridized carbons (Fsp3) is 0.438. The first kappa shape index (κ1) is 16.7. The molecule has 0 fully saturated rings. The Hall–Kier alpha value is -1.62. The van der Waals surface area contributed by atoms with Gasteiger partial charge in [0.15, 0.2) is 11.5 Å². The summed E-state index contributed by atoms with van der Waals surface area (Å²) < 4.78 is 34.5. The Morgan fingerprint density at radius 1 is 1.23 bits per heavy atom. The van der Waals surface area contributed by atoms with E-state index in [4.69, 9.17) is 21.1 Å². The van der Waals surface area contributed by atoms with Gasteiger partial charge in [0.1, 0.15) is 0 Å². The van der Waals surface area contributed by atoms with Gasteiger partial charge in [-0.3, -0.25) is 4.99 Å². The molecule has 1 aromatic carbocycles. The van der Waals surface area contributed by atoms with Gasteiger partial charge in [-0.15, -0.1) is 0 Å². The van der Waals surface area contributed by atoms with Crippen LogP contribution in [0.25, 0.3) is 0 Å². The smallest absolute Gasteiger partial charge is 0.228 e. The standard InChI is InChI=1S/C16H18ClF2NO2/c1-3-11-4-14(20-7-10(11)2)12-5-15(21-8-18)16(22-9-19)6-13(12)17/h5-7,14H,3-4,8-9H2,1-2H3. The van der Waals surface area contributed by atoms with E-state index in [1.165, 1.54) is 11.6 Å². The zero-order chi connectivity index (χ0) is 16.1. The lowest BCUT2D eigenvalue weighted by molar-refractivity contribution is 0.157. The molecule has 0 spiro atoms. The molecule has 0 saturated carbocycles. The van der Waals surface area contributed by atoms with Crippen molar-refractivity contribution in [2.75, 3.05) is 13.7 Å². The summed E-state index contributed by atoms with van der Waals surface area (Å²) in [4.78, 5) is 4.49. The molecular formula is C16H18ClF2NO2. The topological polar surface area (TPSA) is 30.8 Å². The highest BCUT2D eigenvalue weighted by atomic mass is 35.5. The molecule has 1 aliphatic heterocycles. The minimum atomic E-state index is -1.04. The van der Waals surface area contributed by atoms with Crippen molar-refractivity contribution >= 4 is 17.8 Å². The second-order valence-electron chi connectivity index (χ2n) is 4.97. The van der Waals surface area contributed by atoms with Crippen LogP contribution in [-0.2, 0) is 0 Å². The summed E-state index contributed by atoms with van der Waals surface area (Å²) in [5.74, 6) is 0.204. The highest BCUT2D eigenvalue weighted by Crippen LogP contribution is 2.40. The van der Waals surface area contributed by atoms with Crippen LogP contribution >= 0.6 is 11.6 Å². The number of benzene rings is 1. The molecule has 1 unspecified atom stereocenters. The van der Waals surface area contributed by atoms with Crippen LogP contribution in [0.5, 0.6) is 11.5 Å². The summed E-state index contributed by atoms with van der Waals surface area (Å²) in [7, 11) is 0. The van der Waals surface area contributed by atoms with E-state index in [0.717, 1.165) is 18.4 Å². The molecule has 120 valence electrons. The molecule has 0 aliphatic carbocycles. The average molecular weight is 330 g/mol.